The SMILES string of the molecule is N#Cc1ccccc1NC(=O)COC(=O)[C@H]1CCCC[C@@H]1c1nc2ccccc2s1. The van der Waals surface area contributed by atoms with E-state index in [1.54, 1.807) is 35.6 Å². The van der Waals surface area contributed by atoms with Crippen LogP contribution in [0.15, 0.2) is 48.5 Å². The molecular formula is C23H21N3O3S. The molecule has 0 unspecified atom stereocenters. The summed E-state index contributed by atoms with van der Waals surface area (Å²) in [7, 11) is 0. The van der Waals surface area contributed by atoms with Gasteiger partial charge in [-0.1, -0.05) is 37.1 Å². The van der Waals surface area contributed by atoms with Crippen LogP contribution in [0.3, 0.4) is 0 Å². The summed E-state index contributed by atoms with van der Waals surface area (Å²) in [6.45, 7) is -0.373. The van der Waals surface area contributed by atoms with Crippen molar-refractivity contribution in [3.8, 4) is 6.07 Å². The fraction of sp³-hybridized carbons (Fsp3) is 0.304. The number of carbonyl (C=O) groups is 2. The molecule has 4 rings (SSSR count). The number of fused-ring (bicyclic) bond motifs is 1. The zero-order chi connectivity index (χ0) is 20.9. The summed E-state index contributed by atoms with van der Waals surface area (Å²) in [6, 6.07) is 16.7. The number of para-hydroxylation sites is 2. The van der Waals surface area contributed by atoms with Gasteiger partial charge in [-0.25, -0.2) is 4.98 Å². The normalized spacial score (nSPS) is 18.5. The summed E-state index contributed by atoms with van der Waals surface area (Å²) in [5.74, 6) is -1.09. The molecule has 1 aliphatic rings. The second-order valence-corrected chi connectivity index (χ2v) is 8.39. The monoisotopic (exact) mass is 419 g/mol. The molecule has 1 aliphatic carbocycles. The van der Waals surface area contributed by atoms with Crippen LogP contribution in [0, 0.1) is 17.2 Å². The number of hydrogen-bond donors (Lipinski definition) is 1. The van der Waals surface area contributed by atoms with Crippen molar-refractivity contribution in [2.24, 2.45) is 5.92 Å². The van der Waals surface area contributed by atoms with E-state index in [4.69, 9.17) is 15.0 Å². The second-order valence-electron chi connectivity index (χ2n) is 7.33. The second kappa shape index (κ2) is 9.06. The van der Waals surface area contributed by atoms with Crippen LogP contribution in [-0.4, -0.2) is 23.5 Å². The number of esters is 1. The molecule has 7 heteroatoms. The van der Waals surface area contributed by atoms with E-state index >= 15 is 0 Å². The zero-order valence-electron chi connectivity index (χ0n) is 16.3. The van der Waals surface area contributed by atoms with Gasteiger partial charge in [0.25, 0.3) is 5.91 Å². The number of ether oxygens (including phenoxy) is 1. The van der Waals surface area contributed by atoms with Crippen LogP contribution in [0.25, 0.3) is 10.2 Å². The number of nitrogens with one attached hydrogen (secondary N) is 1. The lowest BCUT2D eigenvalue weighted by molar-refractivity contribution is -0.153. The molecule has 1 N–H and O–H groups in total. The Morgan fingerprint density at radius 1 is 1.13 bits per heavy atom. The Hall–Kier alpha value is -3.24. The minimum Gasteiger partial charge on any atom is -0.455 e. The predicted molar refractivity (Wildman–Crippen MR) is 115 cm³/mol. The molecule has 1 aromatic heterocycles. The van der Waals surface area contributed by atoms with Crippen molar-refractivity contribution in [1.29, 1.82) is 5.26 Å². The Kier molecular flexibility index (Phi) is 6.05. The van der Waals surface area contributed by atoms with Gasteiger partial charge in [0, 0.05) is 5.92 Å². The average molecular weight is 420 g/mol. The lowest BCUT2D eigenvalue weighted by Gasteiger charge is -2.28. The van der Waals surface area contributed by atoms with Crippen LogP contribution in [0.4, 0.5) is 5.69 Å². The first kappa shape index (κ1) is 20.0. The number of anilines is 1. The highest BCUT2D eigenvalue weighted by molar-refractivity contribution is 7.18. The molecule has 1 amide bonds. The van der Waals surface area contributed by atoms with Crippen molar-refractivity contribution >= 4 is 39.1 Å². The third kappa shape index (κ3) is 4.34. The Balaban J connectivity index is 1.41. The Morgan fingerprint density at radius 2 is 1.90 bits per heavy atom. The van der Waals surface area contributed by atoms with E-state index in [1.807, 2.05) is 30.3 Å². The number of amides is 1. The first-order valence-corrected chi connectivity index (χ1v) is 10.8. The van der Waals surface area contributed by atoms with Crippen molar-refractivity contribution in [2.45, 2.75) is 31.6 Å². The van der Waals surface area contributed by atoms with Crippen molar-refractivity contribution in [2.75, 3.05) is 11.9 Å². The molecule has 1 heterocycles. The van der Waals surface area contributed by atoms with Gasteiger partial charge in [-0.2, -0.15) is 5.26 Å². The molecule has 0 bridgehead atoms. The fourth-order valence-corrected chi connectivity index (χ4v) is 5.04. The Morgan fingerprint density at radius 3 is 2.73 bits per heavy atom. The quantitative estimate of drug-likeness (QED) is 0.609. The first-order valence-electron chi connectivity index (χ1n) is 9.97. The summed E-state index contributed by atoms with van der Waals surface area (Å²) < 4.78 is 6.47. The van der Waals surface area contributed by atoms with Crippen LogP contribution in [0.5, 0.6) is 0 Å². The number of hydrogen-bond acceptors (Lipinski definition) is 6. The smallest absolute Gasteiger partial charge is 0.310 e. The maximum Gasteiger partial charge on any atom is 0.310 e. The Labute approximate surface area is 178 Å². The van der Waals surface area contributed by atoms with Crippen molar-refractivity contribution in [3.05, 3.63) is 59.1 Å². The number of rotatable bonds is 5. The molecular weight excluding hydrogens is 398 g/mol. The lowest BCUT2D eigenvalue weighted by atomic mass is 9.79. The molecule has 152 valence electrons. The number of benzene rings is 2. The molecule has 1 saturated carbocycles. The molecule has 0 radical (unpaired) electrons. The van der Waals surface area contributed by atoms with Gasteiger partial charge in [-0.15, -0.1) is 11.3 Å². The van der Waals surface area contributed by atoms with E-state index in [9.17, 15) is 9.59 Å². The van der Waals surface area contributed by atoms with Gasteiger partial charge in [-0.3, -0.25) is 9.59 Å². The maximum atomic E-state index is 12.8. The number of aromatic nitrogens is 1. The zero-order valence-corrected chi connectivity index (χ0v) is 17.2. The molecule has 0 saturated heterocycles. The molecule has 30 heavy (non-hydrogen) atoms. The molecule has 0 spiro atoms. The minimum atomic E-state index is -0.460. The van der Waals surface area contributed by atoms with Crippen LogP contribution in [0.2, 0.25) is 0 Å². The Bertz CT molecular complexity index is 1090. The molecule has 2 aromatic carbocycles. The summed E-state index contributed by atoms with van der Waals surface area (Å²) in [6.07, 6.45) is 3.64. The van der Waals surface area contributed by atoms with Gasteiger partial charge < -0.3 is 10.1 Å². The topological polar surface area (TPSA) is 92.1 Å². The number of thiazole rings is 1. The van der Waals surface area contributed by atoms with Gasteiger partial charge >= 0.3 is 5.97 Å². The molecule has 6 nitrogen and oxygen atoms in total. The molecule has 0 aliphatic heterocycles. The van der Waals surface area contributed by atoms with E-state index in [1.165, 1.54) is 0 Å². The van der Waals surface area contributed by atoms with E-state index in [2.05, 4.69) is 5.32 Å². The van der Waals surface area contributed by atoms with E-state index in [-0.39, 0.29) is 24.4 Å². The lowest BCUT2D eigenvalue weighted by Crippen LogP contribution is -2.30. The van der Waals surface area contributed by atoms with Gasteiger partial charge in [-0.05, 0) is 37.1 Å². The number of carbonyl (C=O) groups excluding carboxylic acids is 2. The van der Waals surface area contributed by atoms with Gasteiger partial charge in [0.05, 0.1) is 32.4 Å². The minimum absolute atomic E-state index is 0.0195. The summed E-state index contributed by atoms with van der Waals surface area (Å²) in [5.41, 5.74) is 1.72. The summed E-state index contributed by atoms with van der Waals surface area (Å²) in [4.78, 5) is 29.8. The van der Waals surface area contributed by atoms with Crippen molar-refractivity contribution < 1.29 is 14.3 Å². The highest BCUT2D eigenvalue weighted by Gasteiger charge is 2.35. The average Bonchev–Trinajstić information content (AvgIpc) is 3.22. The van der Waals surface area contributed by atoms with Gasteiger partial charge in [0.1, 0.15) is 6.07 Å². The molecule has 1 fully saturated rings. The van der Waals surface area contributed by atoms with Gasteiger partial charge in [0.2, 0.25) is 0 Å². The maximum absolute atomic E-state index is 12.8. The van der Waals surface area contributed by atoms with E-state index in [0.29, 0.717) is 11.3 Å². The molecule has 2 atom stereocenters. The largest absolute Gasteiger partial charge is 0.455 e. The highest BCUT2D eigenvalue weighted by Crippen LogP contribution is 2.41. The number of nitriles is 1. The third-order valence-electron chi connectivity index (χ3n) is 5.36. The van der Waals surface area contributed by atoms with E-state index < -0.39 is 5.91 Å². The van der Waals surface area contributed by atoms with Crippen LogP contribution in [0.1, 0.15) is 42.2 Å². The number of nitrogens with zero attached hydrogens (tertiary/aromatic N) is 2. The standard InChI is InChI=1S/C23H21N3O3S/c24-13-15-7-1-4-10-18(15)25-21(27)14-29-23(28)17-9-3-2-8-16(17)22-26-19-11-5-6-12-20(19)30-22/h1,4-7,10-12,16-17H,2-3,8-9,14H2,(H,25,27)/t16-,17-/m0/s1. The van der Waals surface area contributed by atoms with E-state index in [0.717, 1.165) is 40.9 Å². The van der Waals surface area contributed by atoms with Crippen LogP contribution >= 0.6 is 11.3 Å². The van der Waals surface area contributed by atoms with Crippen LogP contribution in [-0.2, 0) is 14.3 Å². The predicted octanol–water partition coefficient (Wildman–Crippen LogP) is 4.62. The highest BCUT2D eigenvalue weighted by atomic mass is 32.1. The van der Waals surface area contributed by atoms with Crippen LogP contribution < -0.4 is 5.32 Å². The van der Waals surface area contributed by atoms with Crippen molar-refractivity contribution in [3.63, 3.8) is 0 Å². The van der Waals surface area contributed by atoms with Gasteiger partial charge in [0.15, 0.2) is 6.61 Å². The summed E-state index contributed by atoms with van der Waals surface area (Å²) in [5, 5.41) is 12.7. The first-order chi connectivity index (χ1) is 14.7. The third-order valence-corrected chi connectivity index (χ3v) is 6.53. The molecule has 3 aromatic rings. The fourth-order valence-electron chi connectivity index (χ4n) is 3.88. The van der Waals surface area contributed by atoms with Crippen molar-refractivity contribution in [1.82, 2.24) is 4.98 Å². The summed E-state index contributed by atoms with van der Waals surface area (Å²) >= 11 is 1.63.